The molecule has 0 saturated carbocycles. The van der Waals surface area contributed by atoms with E-state index in [1.165, 1.54) is 12.5 Å². The van der Waals surface area contributed by atoms with Gasteiger partial charge in [-0.25, -0.2) is 0 Å². The third-order valence-corrected chi connectivity index (χ3v) is 3.25. The number of rotatable bonds is 3. The maximum absolute atomic E-state index is 12.0. The van der Waals surface area contributed by atoms with Gasteiger partial charge in [-0.2, -0.15) is 0 Å². The molecule has 96 valence electrons. The Morgan fingerprint density at radius 2 is 2.06 bits per heavy atom. The molecule has 2 rings (SSSR count). The van der Waals surface area contributed by atoms with Gasteiger partial charge < -0.3 is 10.2 Å². The third kappa shape index (κ3) is 2.88. The number of hydrogen-bond acceptors (Lipinski definition) is 2. The molecule has 1 aliphatic rings. The first-order valence-corrected chi connectivity index (χ1v) is 6.27. The Balaban J connectivity index is 2.03. The number of likely N-dealkylation sites (tertiary alicyclic amines) is 1. The molecule has 0 radical (unpaired) electrons. The van der Waals surface area contributed by atoms with Gasteiger partial charge in [0, 0.05) is 13.5 Å². The van der Waals surface area contributed by atoms with Crippen molar-refractivity contribution in [2.75, 3.05) is 13.1 Å². The fraction of sp³-hybridized carbons (Fsp3) is 0.429. The minimum atomic E-state index is -0.168. The van der Waals surface area contributed by atoms with Gasteiger partial charge in [-0.15, -0.1) is 0 Å². The van der Waals surface area contributed by atoms with Crippen LogP contribution in [-0.2, 0) is 9.59 Å². The molecular formula is C14H18N2O2. The topological polar surface area (TPSA) is 49.4 Å². The average molecular weight is 246 g/mol. The van der Waals surface area contributed by atoms with E-state index in [0.29, 0.717) is 0 Å². The van der Waals surface area contributed by atoms with E-state index >= 15 is 0 Å². The molecule has 0 aromatic heterocycles. The lowest BCUT2D eigenvalue weighted by atomic mass is 10.0. The van der Waals surface area contributed by atoms with E-state index in [1.807, 2.05) is 23.1 Å². The first-order valence-electron chi connectivity index (χ1n) is 6.27. The van der Waals surface area contributed by atoms with Crippen LogP contribution in [-0.4, -0.2) is 29.8 Å². The highest BCUT2D eigenvalue weighted by molar-refractivity contribution is 5.84. The molecule has 1 aromatic carbocycles. The Morgan fingerprint density at radius 1 is 1.33 bits per heavy atom. The van der Waals surface area contributed by atoms with Crippen LogP contribution in [0.25, 0.3) is 0 Å². The molecule has 0 bridgehead atoms. The highest BCUT2D eigenvalue weighted by atomic mass is 16.2. The standard InChI is InChI=1S/C14H18N2O2/c1-11(17)15-10-14(18)16-9-5-8-13(16)12-6-3-2-4-7-12/h2-4,6-7,13H,5,8-10H2,1H3,(H,15,17). The summed E-state index contributed by atoms with van der Waals surface area (Å²) in [6.45, 7) is 2.29. The normalized spacial score (nSPS) is 18.7. The van der Waals surface area contributed by atoms with Crippen LogP contribution in [0, 0.1) is 0 Å². The lowest BCUT2D eigenvalue weighted by molar-refractivity contribution is -0.133. The molecule has 1 N–H and O–H groups in total. The number of hydrogen-bond donors (Lipinski definition) is 1. The summed E-state index contributed by atoms with van der Waals surface area (Å²) in [5.74, 6) is -0.171. The Labute approximate surface area is 107 Å². The van der Waals surface area contributed by atoms with E-state index in [0.717, 1.165) is 19.4 Å². The lowest BCUT2D eigenvalue weighted by Crippen LogP contribution is -2.39. The van der Waals surface area contributed by atoms with Crippen LogP contribution < -0.4 is 5.32 Å². The first-order chi connectivity index (χ1) is 8.68. The summed E-state index contributed by atoms with van der Waals surface area (Å²) in [5, 5.41) is 2.56. The molecule has 1 aliphatic heterocycles. The molecule has 1 fully saturated rings. The quantitative estimate of drug-likeness (QED) is 0.878. The molecule has 4 heteroatoms. The molecule has 1 unspecified atom stereocenters. The molecule has 0 aliphatic carbocycles. The van der Waals surface area contributed by atoms with Crippen LogP contribution in [0.1, 0.15) is 31.4 Å². The SMILES string of the molecule is CC(=O)NCC(=O)N1CCCC1c1ccccc1. The Morgan fingerprint density at radius 3 is 2.72 bits per heavy atom. The lowest BCUT2D eigenvalue weighted by Gasteiger charge is -2.25. The van der Waals surface area contributed by atoms with Gasteiger partial charge in [0.05, 0.1) is 12.6 Å². The Kier molecular flexibility index (Phi) is 3.97. The number of benzene rings is 1. The van der Waals surface area contributed by atoms with Crippen molar-refractivity contribution >= 4 is 11.8 Å². The molecule has 1 aromatic rings. The minimum Gasteiger partial charge on any atom is -0.347 e. The van der Waals surface area contributed by atoms with Gasteiger partial charge in [-0.3, -0.25) is 9.59 Å². The Bertz CT molecular complexity index is 431. The van der Waals surface area contributed by atoms with Crippen molar-refractivity contribution in [3.05, 3.63) is 35.9 Å². The maximum atomic E-state index is 12.0. The minimum absolute atomic E-state index is 0.00319. The molecule has 0 spiro atoms. The fourth-order valence-corrected chi connectivity index (χ4v) is 2.39. The first kappa shape index (κ1) is 12.6. The van der Waals surface area contributed by atoms with Gasteiger partial charge in [0.25, 0.3) is 0 Å². The van der Waals surface area contributed by atoms with E-state index in [9.17, 15) is 9.59 Å². The van der Waals surface area contributed by atoms with Crippen LogP contribution in [0.15, 0.2) is 30.3 Å². The van der Waals surface area contributed by atoms with Gasteiger partial charge in [0.15, 0.2) is 0 Å². The van der Waals surface area contributed by atoms with E-state index in [2.05, 4.69) is 17.4 Å². The van der Waals surface area contributed by atoms with Gasteiger partial charge in [-0.1, -0.05) is 30.3 Å². The van der Waals surface area contributed by atoms with E-state index in [-0.39, 0.29) is 24.4 Å². The molecule has 1 heterocycles. The maximum Gasteiger partial charge on any atom is 0.242 e. The second-order valence-electron chi connectivity index (χ2n) is 4.57. The van der Waals surface area contributed by atoms with Crippen LogP contribution in [0.3, 0.4) is 0 Å². The zero-order valence-electron chi connectivity index (χ0n) is 10.6. The molecule has 1 atom stereocenters. The number of carbonyl (C=O) groups is 2. The van der Waals surface area contributed by atoms with Gasteiger partial charge >= 0.3 is 0 Å². The second kappa shape index (κ2) is 5.67. The summed E-state index contributed by atoms with van der Waals surface area (Å²) in [6, 6.07) is 10.2. The van der Waals surface area contributed by atoms with E-state index in [4.69, 9.17) is 0 Å². The number of amides is 2. The summed E-state index contributed by atoms with van der Waals surface area (Å²) in [6.07, 6.45) is 2.02. The molecule has 4 nitrogen and oxygen atoms in total. The van der Waals surface area contributed by atoms with Crippen molar-refractivity contribution in [3.8, 4) is 0 Å². The smallest absolute Gasteiger partial charge is 0.242 e. The van der Waals surface area contributed by atoms with Crippen LogP contribution in [0.5, 0.6) is 0 Å². The number of nitrogens with zero attached hydrogens (tertiary/aromatic N) is 1. The van der Waals surface area contributed by atoms with E-state index < -0.39 is 0 Å². The fourth-order valence-electron chi connectivity index (χ4n) is 2.39. The average Bonchev–Trinajstić information content (AvgIpc) is 2.86. The van der Waals surface area contributed by atoms with Crippen LogP contribution >= 0.6 is 0 Å². The second-order valence-corrected chi connectivity index (χ2v) is 4.57. The van der Waals surface area contributed by atoms with Crippen molar-refractivity contribution < 1.29 is 9.59 Å². The largest absolute Gasteiger partial charge is 0.347 e. The van der Waals surface area contributed by atoms with Crippen molar-refractivity contribution in [1.82, 2.24) is 10.2 Å². The van der Waals surface area contributed by atoms with Crippen LogP contribution in [0.2, 0.25) is 0 Å². The third-order valence-electron chi connectivity index (χ3n) is 3.25. The van der Waals surface area contributed by atoms with E-state index in [1.54, 1.807) is 0 Å². The van der Waals surface area contributed by atoms with Crippen molar-refractivity contribution in [3.63, 3.8) is 0 Å². The molecule has 1 saturated heterocycles. The summed E-state index contributed by atoms with van der Waals surface area (Å²) in [5.41, 5.74) is 1.17. The van der Waals surface area contributed by atoms with Crippen molar-refractivity contribution in [2.45, 2.75) is 25.8 Å². The van der Waals surface area contributed by atoms with Gasteiger partial charge in [0.2, 0.25) is 11.8 Å². The predicted molar refractivity (Wildman–Crippen MR) is 68.8 cm³/mol. The molecular weight excluding hydrogens is 228 g/mol. The highest BCUT2D eigenvalue weighted by Crippen LogP contribution is 2.31. The zero-order valence-corrected chi connectivity index (χ0v) is 10.6. The van der Waals surface area contributed by atoms with Gasteiger partial charge in [-0.05, 0) is 18.4 Å². The predicted octanol–water partition coefficient (Wildman–Crippen LogP) is 1.49. The van der Waals surface area contributed by atoms with Crippen molar-refractivity contribution in [2.24, 2.45) is 0 Å². The summed E-state index contributed by atoms with van der Waals surface area (Å²) < 4.78 is 0. The van der Waals surface area contributed by atoms with Crippen molar-refractivity contribution in [1.29, 1.82) is 0 Å². The summed E-state index contributed by atoms with van der Waals surface area (Å²) >= 11 is 0. The Hall–Kier alpha value is -1.84. The highest BCUT2D eigenvalue weighted by Gasteiger charge is 2.29. The van der Waals surface area contributed by atoms with Crippen LogP contribution in [0.4, 0.5) is 0 Å². The zero-order chi connectivity index (χ0) is 13.0. The number of carbonyl (C=O) groups excluding carboxylic acids is 2. The molecule has 2 amide bonds. The molecule has 18 heavy (non-hydrogen) atoms. The summed E-state index contributed by atoms with van der Waals surface area (Å²) in [7, 11) is 0. The summed E-state index contributed by atoms with van der Waals surface area (Å²) in [4.78, 5) is 24.7. The van der Waals surface area contributed by atoms with Gasteiger partial charge in [0.1, 0.15) is 0 Å². The number of nitrogens with one attached hydrogen (secondary N) is 1. The monoisotopic (exact) mass is 246 g/mol.